The quantitative estimate of drug-likeness (QED) is 0.617. The summed E-state index contributed by atoms with van der Waals surface area (Å²) in [6.07, 6.45) is 8.57. The molecule has 0 spiro atoms. The van der Waals surface area contributed by atoms with Gasteiger partial charge in [-0.15, -0.1) is 0 Å². The van der Waals surface area contributed by atoms with Gasteiger partial charge in [-0.3, -0.25) is 9.97 Å². The number of aromatic carboxylic acids is 1. The number of hydrogen-bond donors (Lipinski definition) is 3. The number of carbonyl (C=O) groups is 1. The molecule has 0 unspecified atom stereocenters. The van der Waals surface area contributed by atoms with Gasteiger partial charge in [-0.1, -0.05) is 0 Å². The van der Waals surface area contributed by atoms with Crippen molar-refractivity contribution in [2.45, 2.75) is 31.1 Å². The fourth-order valence-electron chi connectivity index (χ4n) is 4.36. The van der Waals surface area contributed by atoms with Crippen molar-refractivity contribution < 1.29 is 14.6 Å². The molecule has 0 bridgehead atoms. The summed E-state index contributed by atoms with van der Waals surface area (Å²) in [5.41, 5.74) is 12.5. The lowest BCUT2D eigenvalue weighted by molar-refractivity contribution is 0.0694. The van der Waals surface area contributed by atoms with Crippen molar-refractivity contribution in [3.05, 3.63) is 53.1 Å². The van der Waals surface area contributed by atoms with Crippen LogP contribution in [0.1, 0.15) is 40.0 Å². The molecule has 3 aromatic rings. The second-order valence-electron chi connectivity index (χ2n) is 7.86. The van der Waals surface area contributed by atoms with Gasteiger partial charge in [-0.2, -0.15) is 0 Å². The molecule has 2 aliphatic rings. The van der Waals surface area contributed by atoms with Gasteiger partial charge >= 0.3 is 5.97 Å². The number of rotatable bonds is 5. The van der Waals surface area contributed by atoms with Crippen LogP contribution in [-0.4, -0.2) is 39.7 Å². The molecule has 0 aromatic carbocycles. The molecule has 0 amide bonds. The van der Waals surface area contributed by atoms with Crippen LogP contribution >= 0.6 is 0 Å². The van der Waals surface area contributed by atoms with Gasteiger partial charge in [0.25, 0.3) is 0 Å². The van der Waals surface area contributed by atoms with Crippen LogP contribution in [0.2, 0.25) is 0 Å². The zero-order chi connectivity index (χ0) is 20.2. The molecule has 0 saturated heterocycles. The predicted molar refractivity (Wildman–Crippen MR) is 108 cm³/mol. The second-order valence-corrected chi connectivity index (χ2v) is 7.86. The molecule has 0 atom stereocenters. The number of carboxylic acid groups (broad SMARTS) is 1. The highest BCUT2D eigenvalue weighted by Crippen LogP contribution is 2.51. The maximum Gasteiger partial charge on any atom is 0.337 e. The maximum atomic E-state index is 12.1. The Labute approximate surface area is 168 Å². The Bertz CT molecular complexity index is 1130. The first-order chi connectivity index (χ1) is 14.1. The van der Waals surface area contributed by atoms with Gasteiger partial charge in [0.05, 0.1) is 30.3 Å². The summed E-state index contributed by atoms with van der Waals surface area (Å²) in [4.78, 5) is 24.4. The van der Waals surface area contributed by atoms with Crippen molar-refractivity contribution in [1.82, 2.24) is 15.0 Å². The number of nitrogens with two attached hydrogens (primary N) is 1. The number of nitrogens with one attached hydrogen (secondary N) is 1. The van der Waals surface area contributed by atoms with E-state index in [0.717, 1.165) is 58.6 Å². The van der Waals surface area contributed by atoms with Crippen LogP contribution in [0.4, 0.5) is 0 Å². The number of aryl methyl sites for hydroxylation is 1. The topological polar surface area (TPSA) is 114 Å². The lowest BCUT2D eigenvalue weighted by Crippen LogP contribution is -2.23. The molecular formula is C22H22N4O3. The molecule has 148 valence electrons. The van der Waals surface area contributed by atoms with Crippen LogP contribution in [0.25, 0.3) is 22.5 Å². The number of ether oxygens (including phenoxy) is 1. The van der Waals surface area contributed by atoms with E-state index in [0.29, 0.717) is 24.3 Å². The zero-order valence-electron chi connectivity index (χ0n) is 16.2. The van der Waals surface area contributed by atoms with E-state index in [1.165, 1.54) is 0 Å². The van der Waals surface area contributed by atoms with E-state index in [2.05, 4.69) is 15.0 Å². The van der Waals surface area contributed by atoms with Crippen molar-refractivity contribution in [1.29, 1.82) is 0 Å². The maximum absolute atomic E-state index is 12.1. The van der Waals surface area contributed by atoms with Gasteiger partial charge in [0.15, 0.2) is 0 Å². The van der Waals surface area contributed by atoms with Crippen molar-refractivity contribution in [2.75, 3.05) is 13.7 Å². The third-order valence-electron chi connectivity index (χ3n) is 6.24. The number of fused-ring (bicyclic) bond motifs is 3. The molecule has 3 aromatic heterocycles. The smallest absolute Gasteiger partial charge is 0.337 e. The number of pyridine rings is 2. The van der Waals surface area contributed by atoms with Gasteiger partial charge in [0.1, 0.15) is 5.75 Å². The Morgan fingerprint density at radius 3 is 2.79 bits per heavy atom. The molecule has 0 radical (unpaired) electrons. The molecule has 7 heteroatoms. The number of hydrogen-bond acceptors (Lipinski definition) is 5. The molecule has 0 aliphatic heterocycles. The lowest BCUT2D eigenvalue weighted by atomic mass is 9.87. The average molecular weight is 390 g/mol. The Balaban J connectivity index is 1.67. The molecule has 4 N–H and O–H groups in total. The Kier molecular flexibility index (Phi) is 3.96. The van der Waals surface area contributed by atoms with Crippen molar-refractivity contribution >= 4 is 5.97 Å². The fraction of sp³-hybridized carbons (Fsp3) is 0.318. The van der Waals surface area contributed by atoms with Crippen molar-refractivity contribution in [2.24, 2.45) is 5.73 Å². The summed E-state index contributed by atoms with van der Waals surface area (Å²) in [6, 6.07) is 3.90. The molecular weight excluding hydrogens is 368 g/mol. The standard InChI is InChI=1S/C22H22N4O3/c1-29-14-6-13(8-24-10-14)17-7-16-12(9-25-17)2-3-15-18(21(27)28)20(26-19(15)16)22(11-23)4-5-22/h6-10,26H,2-5,11,23H2,1H3,(H,27,28). The number of aromatic amines is 1. The van der Waals surface area contributed by atoms with Gasteiger partial charge in [-0.05, 0) is 48.9 Å². The third kappa shape index (κ3) is 2.73. The number of aromatic nitrogens is 3. The minimum atomic E-state index is -0.882. The van der Waals surface area contributed by atoms with Gasteiger partial charge in [0, 0.05) is 41.2 Å². The highest BCUT2D eigenvalue weighted by atomic mass is 16.5. The van der Waals surface area contributed by atoms with Crippen LogP contribution in [0, 0.1) is 0 Å². The minimum Gasteiger partial charge on any atom is -0.495 e. The highest BCUT2D eigenvalue weighted by molar-refractivity contribution is 5.95. The number of nitrogens with zero attached hydrogens (tertiary/aromatic N) is 2. The van der Waals surface area contributed by atoms with E-state index in [1.54, 1.807) is 19.5 Å². The van der Waals surface area contributed by atoms with Crippen molar-refractivity contribution in [3.8, 4) is 28.3 Å². The van der Waals surface area contributed by atoms with E-state index in [1.807, 2.05) is 18.3 Å². The molecule has 29 heavy (non-hydrogen) atoms. The van der Waals surface area contributed by atoms with Crippen LogP contribution in [-0.2, 0) is 18.3 Å². The first-order valence-corrected chi connectivity index (χ1v) is 9.74. The van der Waals surface area contributed by atoms with E-state index in [-0.39, 0.29) is 5.41 Å². The number of methoxy groups -OCH3 is 1. The van der Waals surface area contributed by atoms with Gasteiger partial charge < -0.3 is 20.6 Å². The first-order valence-electron chi connectivity index (χ1n) is 9.74. The van der Waals surface area contributed by atoms with Crippen LogP contribution in [0.3, 0.4) is 0 Å². The first kappa shape index (κ1) is 17.9. The van der Waals surface area contributed by atoms with E-state index in [9.17, 15) is 9.90 Å². The average Bonchev–Trinajstić information content (AvgIpc) is 3.45. The summed E-state index contributed by atoms with van der Waals surface area (Å²) in [5, 5.41) is 9.94. The number of carboxylic acids is 1. The summed E-state index contributed by atoms with van der Waals surface area (Å²) in [7, 11) is 1.60. The van der Waals surface area contributed by atoms with Gasteiger partial charge in [0.2, 0.25) is 0 Å². The second kappa shape index (κ2) is 6.42. The van der Waals surface area contributed by atoms with Crippen LogP contribution in [0.5, 0.6) is 5.75 Å². The monoisotopic (exact) mass is 390 g/mol. The minimum absolute atomic E-state index is 0.224. The van der Waals surface area contributed by atoms with Crippen LogP contribution < -0.4 is 10.5 Å². The van der Waals surface area contributed by atoms with E-state index >= 15 is 0 Å². The molecule has 2 aliphatic carbocycles. The summed E-state index contributed by atoms with van der Waals surface area (Å²) >= 11 is 0. The van der Waals surface area contributed by atoms with Crippen molar-refractivity contribution in [3.63, 3.8) is 0 Å². The summed E-state index contributed by atoms with van der Waals surface area (Å²) in [5.74, 6) is -0.219. The summed E-state index contributed by atoms with van der Waals surface area (Å²) < 4.78 is 5.27. The number of H-pyrrole nitrogens is 1. The predicted octanol–water partition coefficient (Wildman–Crippen LogP) is 2.93. The molecule has 1 fully saturated rings. The van der Waals surface area contributed by atoms with Crippen LogP contribution in [0.15, 0.2) is 30.7 Å². The molecule has 5 rings (SSSR count). The molecule has 1 saturated carbocycles. The molecule has 7 nitrogen and oxygen atoms in total. The zero-order valence-corrected chi connectivity index (χ0v) is 16.2. The molecule has 3 heterocycles. The van der Waals surface area contributed by atoms with Gasteiger partial charge in [-0.25, -0.2) is 4.79 Å². The van der Waals surface area contributed by atoms with E-state index in [4.69, 9.17) is 10.5 Å². The Morgan fingerprint density at radius 2 is 2.10 bits per heavy atom. The largest absolute Gasteiger partial charge is 0.495 e. The Hall–Kier alpha value is -3.19. The SMILES string of the molecule is COc1cncc(-c2cc3c(cn2)CCc2c-3[nH]c(C3(CN)CC3)c2C(=O)O)c1. The lowest BCUT2D eigenvalue weighted by Gasteiger charge is -2.17. The van der Waals surface area contributed by atoms with E-state index < -0.39 is 5.97 Å². The highest BCUT2D eigenvalue weighted by Gasteiger charge is 2.48. The Morgan fingerprint density at radius 1 is 1.28 bits per heavy atom. The fourth-order valence-corrected chi connectivity index (χ4v) is 4.36. The summed E-state index contributed by atoms with van der Waals surface area (Å²) in [6.45, 7) is 0.455. The normalized spacial score (nSPS) is 16.1. The third-order valence-corrected chi connectivity index (χ3v) is 6.24.